The summed E-state index contributed by atoms with van der Waals surface area (Å²) >= 11 is 0. The van der Waals surface area contributed by atoms with E-state index in [1.165, 1.54) is 0 Å². The maximum Gasteiger partial charge on any atom is 0.251 e. The van der Waals surface area contributed by atoms with Gasteiger partial charge < -0.3 is 10.2 Å². The maximum absolute atomic E-state index is 12.1. The van der Waals surface area contributed by atoms with Gasteiger partial charge in [-0.15, -0.1) is 0 Å². The minimum Gasteiger partial charge on any atom is -0.354 e. The van der Waals surface area contributed by atoms with Gasteiger partial charge in [0.2, 0.25) is 0 Å². The fourth-order valence-corrected chi connectivity index (χ4v) is 2.96. The lowest BCUT2D eigenvalue weighted by Gasteiger charge is -2.35. The molecule has 0 spiro atoms. The van der Waals surface area contributed by atoms with Crippen LogP contribution in [0.3, 0.4) is 0 Å². The Kier molecular flexibility index (Phi) is 5.43. The van der Waals surface area contributed by atoms with Gasteiger partial charge in [0.05, 0.1) is 0 Å². The summed E-state index contributed by atoms with van der Waals surface area (Å²) in [5.74, 6) is 1.05. The fourth-order valence-electron chi connectivity index (χ4n) is 2.96. The topological polar surface area (TPSA) is 48.5 Å². The quantitative estimate of drug-likeness (QED) is 0.913. The number of hydrogen-bond donors (Lipinski definition) is 1. The first-order valence-corrected chi connectivity index (χ1v) is 8.45. The number of amides is 1. The number of carbonyl (C=O) groups excluding carboxylic acids is 1. The van der Waals surface area contributed by atoms with Gasteiger partial charge in [-0.05, 0) is 31.2 Å². The standard InChI is InChI=1S/C19H24N4O/c1-16-5-4-6-17(15-16)19(24)21-9-10-22-11-13-23(14-12-22)18-7-2-3-8-20-18/h2-8,15H,9-14H2,1H3,(H,21,24). The number of anilines is 1. The van der Waals surface area contributed by atoms with Crippen molar-refractivity contribution in [1.29, 1.82) is 0 Å². The van der Waals surface area contributed by atoms with Crippen LogP contribution in [0.1, 0.15) is 15.9 Å². The molecular weight excluding hydrogens is 300 g/mol. The highest BCUT2D eigenvalue weighted by atomic mass is 16.1. The molecule has 1 amide bonds. The van der Waals surface area contributed by atoms with Crippen LogP contribution in [0, 0.1) is 6.92 Å². The monoisotopic (exact) mass is 324 g/mol. The SMILES string of the molecule is Cc1cccc(C(=O)NCCN2CCN(c3ccccn3)CC2)c1. The molecule has 0 unspecified atom stereocenters. The number of rotatable bonds is 5. The first-order valence-electron chi connectivity index (χ1n) is 8.45. The van der Waals surface area contributed by atoms with E-state index in [-0.39, 0.29) is 5.91 Å². The maximum atomic E-state index is 12.1. The van der Waals surface area contributed by atoms with Crippen LogP contribution in [0.4, 0.5) is 5.82 Å². The van der Waals surface area contributed by atoms with Gasteiger partial charge in [-0.25, -0.2) is 4.98 Å². The molecule has 2 aromatic rings. The summed E-state index contributed by atoms with van der Waals surface area (Å²) in [5, 5.41) is 3.01. The van der Waals surface area contributed by atoms with E-state index < -0.39 is 0 Å². The molecule has 1 aliphatic rings. The molecule has 1 fully saturated rings. The molecule has 126 valence electrons. The largest absolute Gasteiger partial charge is 0.354 e. The van der Waals surface area contributed by atoms with Crippen molar-refractivity contribution in [1.82, 2.24) is 15.2 Å². The lowest BCUT2D eigenvalue weighted by atomic mass is 10.1. The molecule has 3 rings (SSSR count). The van der Waals surface area contributed by atoms with Crippen LogP contribution in [0.15, 0.2) is 48.7 Å². The Morgan fingerprint density at radius 2 is 1.96 bits per heavy atom. The van der Waals surface area contributed by atoms with Crippen molar-refractivity contribution in [2.45, 2.75) is 6.92 Å². The Hall–Kier alpha value is -2.40. The molecule has 2 heterocycles. The van der Waals surface area contributed by atoms with Gasteiger partial charge in [-0.1, -0.05) is 23.8 Å². The minimum atomic E-state index is 0.00539. The number of piperazine rings is 1. The first-order chi connectivity index (χ1) is 11.7. The zero-order valence-electron chi connectivity index (χ0n) is 14.1. The van der Waals surface area contributed by atoms with Crippen molar-refractivity contribution >= 4 is 11.7 Å². The van der Waals surface area contributed by atoms with Crippen LogP contribution in [0.25, 0.3) is 0 Å². The summed E-state index contributed by atoms with van der Waals surface area (Å²) in [6, 6.07) is 13.7. The van der Waals surface area contributed by atoms with Gasteiger partial charge in [0, 0.05) is 51.0 Å². The third-order valence-corrected chi connectivity index (χ3v) is 4.34. The van der Waals surface area contributed by atoms with Gasteiger partial charge in [0.25, 0.3) is 5.91 Å². The third kappa shape index (κ3) is 4.32. The normalized spacial score (nSPS) is 15.3. The Bertz CT molecular complexity index is 666. The van der Waals surface area contributed by atoms with Crippen molar-refractivity contribution < 1.29 is 4.79 Å². The van der Waals surface area contributed by atoms with E-state index in [2.05, 4.69) is 26.2 Å². The lowest BCUT2D eigenvalue weighted by molar-refractivity contribution is 0.0947. The summed E-state index contributed by atoms with van der Waals surface area (Å²) in [4.78, 5) is 21.2. The van der Waals surface area contributed by atoms with Crippen LogP contribution >= 0.6 is 0 Å². The molecule has 0 radical (unpaired) electrons. The highest BCUT2D eigenvalue weighted by Crippen LogP contribution is 2.12. The van der Waals surface area contributed by atoms with Crippen LogP contribution in [0.5, 0.6) is 0 Å². The molecule has 0 bridgehead atoms. The Labute approximate surface area is 143 Å². The molecule has 1 saturated heterocycles. The molecule has 1 aliphatic heterocycles. The average molecular weight is 324 g/mol. The number of nitrogens with zero attached hydrogens (tertiary/aromatic N) is 3. The molecule has 1 aromatic carbocycles. The summed E-state index contributed by atoms with van der Waals surface area (Å²) in [7, 11) is 0. The first kappa shape index (κ1) is 16.5. The van der Waals surface area contributed by atoms with Gasteiger partial charge in [0.15, 0.2) is 0 Å². The second-order valence-corrected chi connectivity index (χ2v) is 6.14. The molecule has 0 aliphatic carbocycles. The number of pyridine rings is 1. The number of nitrogens with one attached hydrogen (secondary N) is 1. The summed E-state index contributed by atoms with van der Waals surface area (Å²) < 4.78 is 0. The highest BCUT2D eigenvalue weighted by molar-refractivity contribution is 5.94. The van der Waals surface area contributed by atoms with E-state index in [0.29, 0.717) is 6.54 Å². The Morgan fingerprint density at radius 3 is 2.67 bits per heavy atom. The van der Waals surface area contributed by atoms with E-state index >= 15 is 0 Å². The van der Waals surface area contributed by atoms with Crippen molar-refractivity contribution in [2.75, 3.05) is 44.2 Å². The molecular formula is C19H24N4O. The number of aryl methyl sites for hydroxylation is 1. The van der Waals surface area contributed by atoms with E-state index in [1.807, 2.05) is 49.5 Å². The van der Waals surface area contributed by atoms with Crippen LogP contribution in [-0.2, 0) is 0 Å². The van der Waals surface area contributed by atoms with Gasteiger partial charge in [-0.3, -0.25) is 9.69 Å². The van der Waals surface area contributed by atoms with E-state index in [0.717, 1.165) is 49.7 Å². The lowest BCUT2D eigenvalue weighted by Crippen LogP contribution is -2.48. The minimum absolute atomic E-state index is 0.00539. The number of carbonyl (C=O) groups is 1. The second-order valence-electron chi connectivity index (χ2n) is 6.14. The van der Waals surface area contributed by atoms with Crippen LogP contribution in [-0.4, -0.2) is 55.1 Å². The van der Waals surface area contributed by atoms with Crippen molar-refractivity contribution in [2.24, 2.45) is 0 Å². The number of hydrogen-bond acceptors (Lipinski definition) is 4. The Balaban J connectivity index is 1.40. The van der Waals surface area contributed by atoms with E-state index in [1.54, 1.807) is 0 Å². The van der Waals surface area contributed by atoms with Crippen LogP contribution in [0.2, 0.25) is 0 Å². The molecule has 0 atom stereocenters. The fraction of sp³-hybridized carbons (Fsp3) is 0.368. The van der Waals surface area contributed by atoms with Crippen molar-refractivity contribution in [3.63, 3.8) is 0 Å². The van der Waals surface area contributed by atoms with Gasteiger partial charge in [-0.2, -0.15) is 0 Å². The molecule has 24 heavy (non-hydrogen) atoms. The zero-order valence-corrected chi connectivity index (χ0v) is 14.1. The summed E-state index contributed by atoms with van der Waals surface area (Å²) in [6.45, 7) is 7.50. The van der Waals surface area contributed by atoms with Crippen molar-refractivity contribution in [3.05, 3.63) is 59.8 Å². The predicted molar refractivity (Wildman–Crippen MR) is 96.4 cm³/mol. The molecule has 1 N–H and O–H groups in total. The molecule has 5 heteroatoms. The summed E-state index contributed by atoms with van der Waals surface area (Å²) in [5.41, 5.74) is 1.84. The van der Waals surface area contributed by atoms with E-state index in [9.17, 15) is 4.79 Å². The second kappa shape index (κ2) is 7.93. The molecule has 5 nitrogen and oxygen atoms in total. The van der Waals surface area contributed by atoms with Gasteiger partial charge in [0.1, 0.15) is 5.82 Å². The average Bonchev–Trinajstić information content (AvgIpc) is 2.63. The van der Waals surface area contributed by atoms with Crippen LogP contribution < -0.4 is 10.2 Å². The predicted octanol–water partition coefficient (Wildman–Crippen LogP) is 1.94. The highest BCUT2D eigenvalue weighted by Gasteiger charge is 2.17. The van der Waals surface area contributed by atoms with E-state index in [4.69, 9.17) is 0 Å². The zero-order chi connectivity index (χ0) is 16.8. The molecule has 1 aromatic heterocycles. The number of aromatic nitrogens is 1. The smallest absolute Gasteiger partial charge is 0.251 e. The van der Waals surface area contributed by atoms with Gasteiger partial charge >= 0.3 is 0 Å². The Morgan fingerprint density at radius 1 is 1.12 bits per heavy atom. The number of benzene rings is 1. The summed E-state index contributed by atoms with van der Waals surface area (Å²) in [6.07, 6.45) is 1.84. The van der Waals surface area contributed by atoms with Crippen molar-refractivity contribution in [3.8, 4) is 0 Å². The third-order valence-electron chi connectivity index (χ3n) is 4.34. The molecule has 0 saturated carbocycles.